The number of fused-ring (bicyclic) bond motifs is 1. The van der Waals surface area contributed by atoms with Crippen molar-refractivity contribution in [3.8, 4) is 17.0 Å². The zero-order valence-corrected chi connectivity index (χ0v) is 19.8. The molecule has 1 N–H and O–H groups in total. The Bertz CT molecular complexity index is 1380. The highest BCUT2D eigenvalue weighted by molar-refractivity contribution is 5.70. The number of carbonyl (C=O) groups is 1. The minimum atomic E-state index is -2.89. The smallest absolute Gasteiger partial charge is 0.387 e. The van der Waals surface area contributed by atoms with Gasteiger partial charge in [-0.25, -0.2) is 4.98 Å². The number of alkyl halides is 2. The molecule has 4 aromatic rings. The Balaban J connectivity index is 1.40. The standard InChI is InChI=1S/C27H26F2N4O3/c1-16-23(12-19-4-2-3-5-24(19)36-27(28)29)33-15-20(10-11-25(33)32-16)22-14-30-21(13-31-22)17-6-8-18(9-7-17)26(34)35/h2-5,10-11,13-15,17-18,27H,6-9,12H2,1H3,(H,34,35). The van der Waals surface area contributed by atoms with Crippen LogP contribution in [0.2, 0.25) is 0 Å². The molecule has 1 aliphatic carbocycles. The van der Waals surface area contributed by atoms with Crippen molar-refractivity contribution >= 4 is 11.6 Å². The second-order valence-corrected chi connectivity index (χ2v) is 9.17. The van der Waals surface area contributed by atoms with E-state index in [1.54, 1.807) is 30.6 Å². The van der Waals surface area contributed by atoms with E-state index in [1.165, 1.54) is 6.07 Å². The van der Waals surface area contributed by atoms with Crippen LogP contribution in [0, 0.1) is 12.8 Å². The van der Waals surface area contributed by atoms with E-state index in [1.807, 2.05) is 29.7 Å². The quantitative estimate of drug-likeness (QED) is 0.359. The SMILES string of the molecule is Cc1nc2ccc(-c3cnc(C4CCC(C(=O)O)CC4)cn3)cn2c1Cc1ccccc1OC(F)F. The number of aryl methyl sites for hydroxylation is 1. The maximum Gasteiger partial charge on any atom is 0.387 e. The van der Waals surface area contributed by atoms with Crippen LogP contribution in [0.15, 0.2) is 55.0 Å². The summed E-state index contributed by atoms with van der Waals surface area (Å²) in [6.07, 6.45) is 8.75. The number of pyridine rings is 1. The number of halogens is 2. The van der Waals surface area contributed by atoms with E-state index >= 15 is 0 Å². The van der Waals surface area contributed by atoms with Gasteiger partial charge in [-0.15, -0.1) is 0 Å². The maximum absolute atomic E-state index is 12.9. The first-order valence-corrected chi connectivity index (χ1v) is 11.9. The summed E-state index contributed by atoms with van der Waals surface area (Å²) in [6, 6.07) is 10.6. The van der Waals surface area contributed by atoms with Gasteiger partial charge in [-0.05, 0) is 50.8 Å². The van der Waals surface area contributed by atoms with Crippen molar-refractivity contribution in [3.05, 3.63) is 77.6 Å². The number of aliphatic carboxylic acids is 1. The molecule has 0 aliphatic heterocycles. The van der Waals surface area contributed by atoms with Gasteiger partial charge >= 0.3 is 12.6 Å². The van der Waals surface area contributed by atoms with Crippen LogP contribution >= 0.6 is 0 Å². The lowest BCUT2D eigenvalue weighted by molar-refractivity contribution is -0.142. The number of carboxylic acids is 1. The highest BCUT2D eigenvalue weighted by atomic mass is 19.3. The molecular formula is C27H26F2N4O3. The number of hydrogen-bond donors (Lipinski definition) is 1. The first-order valence-electron chi connectivity index (χ1n) is 11.9. The van der Waals surface area contributed by atoms with Gasteiger partial charge in [-0.3, -0.25) is 14.8 Å². The van der Waals surface area contributed by atoms with Gasteiger partial charge < -0.3 is 14.2 Å². The van der Waals surface area contributed by atoms with Crippen LogP contribution in [0.1, 0.15) is 54.2 Å². The van der Waals surface area contributed by atoms with Gasteiger partial charge in [0.25, 0.3) is 0 Å². The van der Waals surface area contributed by atoms with E-state index < -0.39 is 12.6 Å². The Morgan fingerprint density at radius 2 is 1.89 bits per heavy atom. The molecule has 0 bridgehead atoms. The molecule has 3 aromatic heterocycles. The predicted molar refractivity (Wildman–Crippen MR) is 129 cm³/mol. The van der Waals surface area contributed by atoms with Crippen molar-refractivity contribution in [2.24, 2.45) is 5.92 Å². The fourth-order valence-electron chi connectivity index (χ4n) is 4.95. The summed E-state index contributed by atoms with van der Waals surface area (Å²) in [5, 5.41) is 9.21. The minimum Gasteiger partial charge on any atom is -0.481 e. The number of rotatable bonds is 7. The number of hydrogen-bond acceptors (Lipinski definition) is 5. The summed E-state index contributed by atoms with van der Waals surface area (Å²) in [7, 11) is 0. The van der Waals surface area contributed by atoms with Crippen LogP contribution in [0.4, 0.5) is 8.78 Å². The summed E-state index contributed by atoms with van der Waals surface area (Å²) in [5.74, 6) is -0.605. The number of nitrogens with zero attached hydrogens (tertiary/aromatic N) is 4. The first kappa shape index (κ1) is 23.8. The number of imidazole rings is 1. The van der Waals surface area contributed by atoms with E-state index in [0.29, 0.717) is 30.5 Å². The topological polar surface area (TPSA) is 89.6 Å². The fraction of sp³-hybridized carbons (Fsp3) is 0.333. The van der Waals surface area contributed by atoms with Crippen molar-refractivity contribution in [1.29, 1.82) is 0 Å². The molecule has 0 unspecified atom stereocenters. The Morgan fingerprint density at radius 3 is 2.58 bits per heavy atom. The molecule has 0 amide bonds. The average Bonchev–Trinajstić information content (AvgIpc) is 3.19. The Hall–Kier alpha value is -3.88. The summed E-state index contributed by atoms with van der Waals surface area (Å²) in [5.41, 5.74) is 5.52. The van der Waals surface area contributed by atoms with Gasteiger partial charge in [-0.2, -0.15) is 8.78 Å². The molecule has 7 nitrogen and oxygen atoms in total. The minimum absolute atomic E-state index is 0.150. The molecule has 9 heteroatoms. The van der Waals surface area contributed by atoms with Crippen LogP contribution < -0.4 is 4.74 Å². The van der Waals surface area contributed by atoms with Gasteiger partial charge in [0.1, 0.15) is 11.4 Å². The van der Waals surface area contributed by atoms with Crippen molar-refractivity contribution in [1.82, 2.24) is 19.4 Å². The van der Waals surface area contributed by atoms with Gasteiger partial charge in [0.05, 0.1) is 29.2 Å². The summed E-state index contributed by atoms with van der Waals surface area (Å²) in [6.45, 7) is -0.999. The van der Waals surface area contributed by atoms with Crippen LogP contribution in [0.3, 0.4) is 0 Å². The van der Waals surface area contributed by atoms with E-state index in [9.17, 15) is 18.7 Å². The molecule has 3 heterocycles. The first-order chi connectivity index (χ1) is 17.4. The summed E-state index contributed by atoms with van der Waals surface area (Å²) in [4.78, 5) is 25.1. The lowest BCUT2D eigenvalue weighted by atomic mass is 9.80. The summed E-state index contributed by atoms with van der Waals surface area (Å²) >= 11 is 0. The molecular weight excluding hydrogens is 466 g/mol. The molecule has 36 heavy (non-hydrogen) atoms. The fourth-order valence-corrected chi connectivity index (χ4v) is 4.95. The Morgan fingerprint density at radius 1 is 1.11 bits per heavy atom. The Labute approximate surface area is 206 Å². The second kappa shape index (κ2) is 10.0. The maximum atomic E-state index is 12.9. The third kappa shape index (κ3) is 4.91. The number of carboxylic acid groups (broad SMARTS) is 1. The van der Waals surface area contributed by atoms with Crippen LogP contribution in [0.5, 0.6) is 5.75 Å². The van der Waals surface area contributed by atoms with Crippen LogP contribution in [-0.4, -0.2) is 37.0 Å². The molecule has 0 spiro atoms. The molecule has 1 aliphatic rings. The number of ether oxygens (including phenoxy) is 1. The number of aromatic nitrogens is 4. The zero-order chi connectivity index (χ0) is 25.2. The number of para-hydroxylation sites is 1. The van der Waals surface area contributed by atoms with Crippen molar-refractivity contribution < 1.29 is 23.4 Å². The largest absolute Gasteiger partial charge is 0.481 e. The zero-order valence-electron chi connectivity index (χ0n) is 19.8. The normalized spacial score (nSPS) is 18.0. The molecule has 186 valence electrons. The van der Waals surface area contributed by atoms with E-state index in [4.69, 9.17) is 4.74 Å². The lowest BCUT2D eigenvalue weighted by Crippen LogP contribution is -2.21. The van der Waals surface area contributed by atoms with E-state index in [-0.39, 0.29) is 17.6 Å². The molecule has 5 rings (SSSR count). The predicted octanol–water partition coefficient (Wildman–Crippen LogP) is 5.65. The van der Waals surface area contributed by atoms with Crippen LogP contribution in [0.25, 0.3) is 16.9 Å². The third-order valence-electron chi connectivity index (χ3n) is 6.93. The highest BCUT2D eigenvalue weighted by Gasteiger charge is 2.27. The molecule has 1 saturated carbocycles. The van der Waals surface area contributed by atoms with Gasteiger partial charge in [-0.1, -0.05) is 18.2 Å². The lowest BCUT2D eigenvalue weighted by Gasteiger charge is -2.25. The second-order valence-electron chi connectivity index (χ2n) is 9.17. The van der Waals surface area contributed by atoms with E-state index in [2.05, 4.69) is 15.0 Å². The van der Waals surface area contributed by atoms with Crippen molar-refractivity contribution in [2.75, 3.05) is 0 Å². The summed E-state index contributed by atoms with van der Waals surface area (Å²) < 4.78 is 32.4. The van der Waals surface area contributed by atoms with Crippen molar-refractivity contribution in [2.45, 2.75) is 51.6 Å². The van der Waals surface area contributed by atoms with Gasteiger partial charge in [0.15, 0.2) is 0 Å². The monoisotopic (exact) mass is 492 g/mol. The van der Waals surface area contributed by atoms with Gasteiger partial charge in [0.2, 0.25) is 0 Å². The van der Waals surface area contributed by atoms with E-state index in [0.717, 1.165) is 41.1 Å². The number of benzene rings is 1. The molecule has 1 aromatic carbocycles. The average molecular weight is 493 g/mol. The Kier molecular flexibility index (Phi) is 6.63. The molecule has 0 saturated heterocycles. The molecule has 0 atom stereocenters. The van der Waals surface area contributed by atoms with Crippen LogP contribution in [-0.2, 0) is 11.2 Å². The third-order valence-corrected chi connectivity index (χ3v) is 6.93. The molecule has 1 fully saturated rings. The van der Waals surface area contributed by atoms with Gasteiger partial charge in [0, 0.05) is 41.6 Å². The highest BCUT2D eigenvalue weighted by Crippen LogP contribution is 2.35. The molecule has 0 radical (unpaired) electrons. The van der Waals surface area contributed by atoms with Crippen molar-refractivity contribution in [3.63, 3.8) is 0 Å².